The van der Waals surface area contributed by atoms with Crippen molar-refractivity contribution in [3.8, 4) is 0 Å². The molecule has 0 saturated carbocycles. The smallest absolute Gasteiger partial charge is 0.214 e. The van der Waals surface area contributed by atoms with E-state index in [9.17, 15) is 8.42 Å². The van der Waals surface area contributed by atoms with Crippen LogP contribution >= 0.6 is 12.2 Å². The van der Waals surface area contributed by atoms with Crippen molar-refractivity contribution in [2.24, 2.45) is 11.7 Å². The van der Waals surface area contributed by atoms with Gasteiger partial charge in [0.05, 0.1) is 16.8 Å². The third-order valence-corrected chi connectivity index (χ3v) is 4.64. The minimum absolute atomic E-state index is 0.147. The second kappa shape index (κ2) is 5.77. The van der Waals surface area contributed by atoms with Crippen LogP contribution in [0.3, 0.4) is 0 Å². The molecule has 0 amide bonds. The number of sulfonamides is 1. The Morgan fingerprint density at radius 1 is 1.40 bits per heavy atom. The van der Waals surface area contributed by atoms with Gasteiger partial charge in [0.1, 0.15) is 0 Å². The van der Waals surface area contributed by atoms with Crippen molar-refractivity contribution in [2.45, 2.75) is 33.2 Å². The molecule has 0 radical (unpaired) electrons. The third-order valence-electron chi connectivity index (χ3n) is 2.35. The zero-order valence-electron chi connectivity index (χ0n) is 9.73. The minimum atomic E-state index is -3.23. The highest BCUT2D eigenvalue weighted by Gasteiger charge is 2.24. The fourth-order valence-electron chi connectivity index (χ4n) is 0.949. The molecule has 1 atom stereocenters. The van der Waals surface area contributed by atoms with Gasteiger partial charge in [-0.05, 0) is 19.3 Å². The summed E-state index contributed by atoms with van der Waals surface area (Å²) in [5, 5.41) is 0. The van der Waals surface area contributed by atoms with Crippen LogP contribution in [0.15, 0.2) is 0 Å². The number of hydrogen-bond acceptors (Lipinski definition) is 3. The summed E-state index contributed by atoms with van der Waals surface area (Å²) in [7, 11) is -1.72. The zero-order chi connectivity index (χ0) is 12.2. The molecule has 15 heavy (non-hydrogen) atoms. The van der Waals surface area contributed by atoms with Crippen LogP contribution in [-0.2, 0) is 10.0 Å². The summed E-state index contributed by atoms with van der Waals surface area (Å²) in [6.45, 7) is 5.67. The minimum Gasteiger partial charge on any atom is -0.392 e. The highest BCUT2D eigenvalue weighted by Crippen LogP contribution is 2.09. The SMILES string of the molecule is CC(C)CCS(=O)(=O)N(C)C(C)C(N)=S. The molecule has 0 bridgehead atoms. The molecule has 2 N–H and O–H groups in total. The molecular weight excluding hydrogens is 232 g/mol. The van der Waals surface area contributed by atoms with E-state index in [0.717, 1.165) is 0 Å². The van der Waals surface area contributed by atoms with Crippen LogP contribution in [0.5, 0.6) is 0 Å². The van der Waals surface area contributed by atoms with Crippen LogP contribution in [0.1, 0.15) is 27.2 Å². The van der Waals surface area contributed by atoms with E-state index in [1.165, 1.54) is 11.4 Å². The average Bonchev–Trinajstić information content (AvgIpc) is 2.12. The highest BCUT2D eigenvalue weighted by molar-refractivity contribution is 7.89. The molecule has 0 saturated heterocycles. The number of rotatable bonds is 6. The van der Waals surface area contributed by atoms with E-state index in [1.54, 1.807) is 6.92 Å². The lowest BCUT2D eigenvalue weighted by atomic mass is 10.2. The van der Waals surface area contributed by atoms with E-state index in [-0.39, 0.29) is 10.7 Å². The first kappa shape index (κ1) is 14.8. The van der Waals surface area contributed by atoms with E-state index in [0.29, 0.717) is 12.3 Å². The lowest BCUT2D eigenvalue weighted by molar-refractivity contribution is 0.446. The first-order valence-electron chi connectivity index (χ1n) is 4.93. The van der Waals surface area contributed by atoms with E-state index in [4.69, 9.17) is 18.0 Å². The van der Waals surface area contributed by atoms with E-state index in [1.807, 2.05) is 13.8 Å². The highest BCUT2D eigenvalue weighted by atomic mass is 32.2. The lowest BCUT2D eigenvalue weighted by Gasteiger charge is -2.23. The Hall–Kier alpha value is -0.200. The molecule has 1 unspecified atom stereocenters. The summed E-state index contributed by atoms with van der Waals surface area (Å²) >= 11 is 4.77. The molecule has 0 aromatic rings. The Kier molecular flexibility index (Phi) is 5.69. The molecule has 0 aromatic carbocycles. The molecule has 4 nitrogen and oxygen atoms in total. The summed E-state index contributed by atoms with van der Waals surface area (Å²) in [6.07, 6.45) is 0.650. The first-order valence-corrected chi connectivity index (χ1v) is 6.95. The van der Waals surface area contributed by atoms with E-state index >= 15 is 0 Å². The quantitative estimate of drug-likeness (QED) is 0.715. The molecule has 6 heteroatoms. The van der Waals surface area contributed by atoms with Gasteiger partial charge in [-0.25, -0.2) is 8.42 Å². The average molecular weight is 252 g/mol. The van der Waals surface area contributed by atoms with Crippen LogP contribution in [0, 0.1) is 5.92 Å². The maximum atomic E-state index is 11.8. The molecule has 0 fully saturated rings. The van der Waals surface area contributed by atoms with Gasteiger partial charge in [-0.1, -0.05) is 26.1 Å². The van der Waals surface area contributed by atoms with Gasteiger partial charge in [0.2, 0.25) is 10.0 Å². The summed E-state index contributed by atoms with van der Waals surface area (Å²) in [5.41, 5.74) is 5.41. The largest absolute Gasteiger partial charge is 0.392 e. The number of nitrogens with two attached hydrogens (primary N) is 1. The van der Waals surface area contributed by atoms with Gasteiger partial charge in [-0.15, -0.1) is 0 Å². The van der Waals surface area contributed by atoms with Crippen molar-refractivity contribution in [1.82, 2.24) is 4.31 Å². The third kappa shape index (κ3) is 4.90. The van der Waals surface area contributed by atoms with Crippen molar-refractivity contribution < 1.29 is 8.42 Å². The Balaban J connectivity index is 4.52. The second-order valence-corrected chi connectivity index (χ2v) is 6.71. The standard InChI is InChI=1S/C9H20N2O2S2/c1-7(2)5-6-15(12,13)11(4)8(3)9(10)14/h7-8H,5-6H2,1-4H3,(H2,10,14). The summed E-state index contributed by atoms with van der Waals surface area (Å²) in [4.78, 5) is 0.200. The predicted octanol–water partition coefficient (Wildman–Crippen LogP) is 0.969. The van der Waals surface area contributed by atoms with E-state index in [2.05, 4.69) is 0 Å². The Morgan fingerprint density at radius 2 is 1.87 bits per heavy atom. The molecule has 0 aromatic heterocycles. The van der Waals surface area contributed by atoms with Crippen molar-refractivity contribution in [1.29, 1.82) is 0 Å². The van der Waals surface area contributed by atoms with Crippen LogP contribution in [0.2, 0.25) is 0 Å². The van der Waals surface area contributed by atoms with Crippen LogP contribution in [0.25, 0.3) is 0 Å². The monoisotopic (exact) mass is 252 g/mol. The van der Waals surface area contributed by atoms with Gasteiger partial charge in [0, 0.05) is 7.05 Å². The molecule has 0 spiro atoms. The molecular formula is C9H20N2O2S2. The topological polar surface area (TPSA) is 63.4 Å². The number of likely N-dealkylation sites (N-methyl/N-ethyl adjacent to an activating group) is 1. The van der Waals surface area contributed by atoms with Crippen LogP contribution < -0.4 is 5.73 Å². The van der Waals surface area contributed by atoms with Crippen molar-refractivity contribution >= 4 is 27.2 Å². The fourth-order valence-corrected chi connectivity index (χ4v) is 2.83. The molecule has 0 aliphatic carbocycles. The Labute approximate surface area is 97.9 Å². The fraction of sp³-hybridized carbons (Fsp3) is 0.889. The van der Waals surface area contributed by atoms with Crippen LogP contribution in [-0.4, -0.2) is 36.6 Å². The molecule has 0 rings (SSSR count). The molecule has 0 aliphatic rings. The normalized spacial score (nSPS) is 14.5. The van der Waals surface area contributed by atoms with Crippen LogP contribution in [0.4, 0.5) is 0 Å². The van der Waals surface area contributed by atoms with Crippen molar-refractivity contribution in [2.75, 3.05) is 12.8 Å². The first-order chi connectivity index (χ1) is 6.68. The lowest BCUT2D eigenvalue weighted by Crippen LogP contribution is -2.43. The van der Waals surface area contributed by atoms with E-state index < -0.39 is 16.1 Å². The number of thiocarbonyl (C=S) groups is 1. The molecule has 0 heterocycles. The number of nitrogens with zero attached hydrogens (tertiary/aromatic N) is 1. The summed E-state index contributed by atoms with van der Waals surface area (Å²) in [6, 6.07) is -0.419. The second-order valence-electron chi connectivity index (χ2n) is 4.09. The van der Waals surface area contributed by atoms with Gasteiger partial charge in [-0.3, -0.25) is 0 Å². The Bertz CT molecular complexity index is 312. The van der Waals surface area contributed by atoms with Crippen molar-refractivity contribution in [3.63, 3.8) is 0 Å². The van der Waals surface area contributed by atoms with Gasteiger partial charge >= 0.3 is 0 Å². The zero-order valence-corrected chi connectivity index (χ0v) is 11.4. The maximum Gasteiger partial charge on any atom is 0.214 e. The maximum absolute atomic E-state index is 11.8. The van der Waals surface area contributed by atoms with Gasteiger partial charge in [0.15, 0.2) is 0 Å². The summed E-state index contributed by atoms with van der Waals surface area (Å²) < 4.78 is 24.8. The van der Waals surface area contributed by atoms with Crippen molar-refractivity contribution in [3.05, 3.63) is 0 Å². The molecule has 90 valence electrons. The summed E-state index contributed by atoms with van der Waals surface area (Å²) in [5.74, 6) is 0.516. The molecule has 0 aliphatic heterocycles. The Morgan fingerprint density at radius 3 is 2.20 bits per heavy atom. The predicted molar refractivity (Wildman–Crippen MR) is 67.3 cm³/mol. The van der Waals surface area contributed by atoms with Gasteiger partial charge in [-0.2, -0.15) is 4.31 Å². The van der Waals surface area contributed by atoms with Gasteiger partial charge < -0.3 is 5.73 Å². The van der Waals surface area contributed by atoms with Gasteiger partial charge in [0.25, 0.3) is 0 Å². The number of hydrogen-bond donors (Lipinski definition) is 1.